The van der Waals surface area contributed by atoms with Crippen molar-refractivity contribution in [1.82, 2.24) is 15.3 Å². The molecule has 1 fully saturated rings. The van der Waals surface area contributed by atoms with E-state index in [9.17, 15) is 0 Å². The van der Waals surface area contributed by atoms with Crippen LogP contribution in [-0.2, 0) is 0 Å². The number of H-pyrrole nitrogens is 1. The molecule has 0 bridgehead atoms. The maximum Gasteiger partial charge on any atom is 0.128 e. The Kier molecular flexibility index (Phi) is 4.10. The standard InChI is InChI=1S/C16H21N3O2/c1-20-12-3-4-15(21-2)13(9-12)14-10-18-16(19-14)11-5-7-17-8-6-11/h3-4,9-11,17H,5-8H2,1-2H3,(H,18,19). The van der Waals surface area contributed by atoms with Crippen LogP contribution in [0.3, 0.4) is 0 Å². The van der Waals surface area contributed by atoms with Crippen LogP contribution in [0.5, 0.6) is 11.5 Å². The minimum absolute atomic E-state index is 0.511. The van der Waals surface area contributed by atoms with E-state index in [1.54, 1.807) is 14.2 Å². The average molecular weight is 287 g/mol. The molecule has 0 amide bonds. The van der Waals surface area contributed by atoms with Gasteiger partial charge < -0.3 is 19.8 Å². The van der Waals surface area contributed by atoms with Crippen molar-refractivity contribution in [3.8, 4) is 22.8 Å². The zero-order chi connectivity index (χ0) is 14.7. The zero-order valence-electron chi connectivity index (χ0n) is 12.5. The summed E-state index contributed by atoms with van der Waals surface area (Å²) >= 11 is 0. The summed E-state index contributed by atoms with van der Waals surface area (Å²) in [5, 5.41) is 3.38. The number of nitrogens with one attached hydrogen (secondary N) is 2. The summed E-state index contributed by atoms with van der Waals surface area (Å²) in [7, 11) is 3.34. The summed E-state index contributed by atoms with van der Waals surface area (Å²) in [4.78, 5) is 8.02. The second-order valence-electron chi connectivity index (χ2n) is 5.27. The van der Waals surface area contributed by atoms with Gasteiger partial charge in [-0.1, -0.05) is 0 Å². The number of rotatable bonds is 4. The number of ether oxygens (including phenoxy) is 2. The van der Waals surface area contributed by atoms with Gasteiger partial charge in [-0.25, -0.2) is 4.98 Å². The summed E-state index contributed by atoms with van der Waals surface area (Å²) in [5.41, 5.74) is 1.95. The second-order valence-corrected chi connectivity index (χ2v) is 5.27. The maximum absolute atomic E-state index is 5.44. The van der Waals surface area contributed by atoms with Crippen LogP contribution < -0.4 is 14.8 Å². The van der Waals surface area contributed by atoms with E-state index >= 15 is 0 Å². The number of piperidine rings is 1. The third-order valence-electron chi connectivity index (χ3n) is 4.02. The molecule has 1 saturated heterocycles. The van der Waals surface area contributed by atoms with Crippen molar-refractivity contribution in [3.05, 3.63) is 30.2 Å². The number of hydrogen-bond donors (Lipinski definition) is 2. The summed E-state index contributed by atoms with van der Waals surface area (Å²) < 4.78 is 10.7. The van der Waals surface area contributed by atoms with Crippen LogP contribution in [0.4, 0.5) is 0 Å². The van der Waals surface area contributed by atoms with E-state index < -0.39 is 0 Å². The first kappa shape index (κ1) is 13.9. The first-order valence-electron chi connectivity index (χ1n) is 7.30. The van der Waals surface area contributed by atoms with Crippen LogP contribution >= 0.6 is 0 Å². The third-order valence-corrected chi connectivity index (χ3v) is 4.02. The molecule has 1 aliphatic rings. The fourth-order valence-electron chi connectivity index (χ4n) is 2.80. The Bertz CT molecular complexity index is 603. The Morgan fingerprint density at radius 1 is 1.14 bits per heavy atom. The number of imidazole rings is 1. The third kappa shape index (κ3) is 2.88. The minimum Gasteiger partial charge on any atom is -0.497 e. The lowest BCUT2D eigenvalue weighted by Crippen LogP contribution is -2.27. The predicted molar refractivity (Wildman–Crippen MR) is 82.0 cm³/mol. The SMILES string of the molecule is COc1ccc(OC)c(-c2cnc(C3CCNCC3)[nH]2)c1. The lowest BCUT2D eigenvalue weighted by atomic mass is 9.98. The first-order valence-corrected chi connectivity index (χ1v) is 7.30. The number of hydrogen-bond acceptors (Lipinski definition) is 4. The van der Waals surface area contributed by atoms with Crippen molar-refractivity contribution in [1.29, 1.82) is 0 Å². The summed E-state index contributed by atoms with van der Waals surface area (Å²) in [5.74, 6) is 3.20. The van der Waals surface area contributed by atoms with Crippen LogP contribution in [0.15, 0.2) is 24.4 Å². The average Bonchev–Trinajstić information content (AvgIpc) is 3.05. The fourth-order valence-corrected chi connectivity index (χ4v) is 2.80. The van der Waals surface area contributed by atoms with Crippen LogP contribution in [0.25, 0.3) is 11.3 Å². The van der Waals surface area contributed by atoms with Crippen molar-refractivity contribution in [2.24, 2.45) is 0 Å². The van der Waals surface area contributed by atoms with Gasteiger partial charge in [0.15, 0.2) is 0 Å². The van der Waals surface area contributed by atoms with Gasteiger partial charge in [-0.3, -0.25) is 0 Å². The quantitative estimate of drug-likeness (QED) is 0.907. The molecule has 2 N–H and O–H groups in total. The lowest BCUT2D eigenvalue weighted by molar-refractivity contribution is 0.404. The van der Waals surface area contributed by atoms with Crippen molar-refractivity contribution in [2.45, 2.75) is 18.8 Å². The summed E-state index contributed by atoms with van der Waals surface area (Å²) in [6.45, 7) is 2.12. The van der Waals surface area contributed by atoms with Gasteiger partial charge in [0, 0.05) is 11.5 Å². The van der Waals surface area contributed by atoms with E-state index in [-0.39, 0.29) is 0 Å². The number of methoxy groups -OCH3 is 2. The van der Waals surface area contributed by atoms with E-state index in [2.05, 4.69) is 15.3 Å². The molecule has 2 aromatic rings. The van der Waals surface area contributed by atoms with Crippen molar-refractivity contribution < 1.29 is 9.47 Å². The molecular weight excluding hydrogens is 266 g/mol. The molecule has 0 unspecified atom stereocenters. The fraction of sp³-hybridized carbons (Fsp3) is 0.438. The van der Waals surface area contributed by atoms with Gasteiger partial charge in [0.2, 0.25) is 0 Å². The van der Waals surface area contributed by atoms with Gasteiger partial charge >= 0.3 is 0 Å². The molecular formula is C16H21N3O2. The van der Waals surface area contributed by atoms with E-state index in [1.807, 2.05) is 24.4 Å². The smallest absolute Gasteiger partial charge is 0.128 e. The highest BCUT2D eigenvalue weighted by atomic mass is 16.5. The molecule has 1 aromatic carbocycles. The van der Waals surface area contributed by atoms with Crippen LogP contribution in [0.1, 0.15) is 24.6 Å². The predicted octanol–water partition coefficient (Wildman–Crippen LogP) is 2.56. The van der Waals surface area contributed by atoms with E-state index in [0.717, 1.165) is 54.5 Å². The topological polar surface area (TPSA) is 59.2 Å². The van der Waals surface area contributed by atoms with Crippen molar-refractivity contribution >= 4 is 0 Å². The monoisotopic (exact) mass is 287 g/mol. The molecule has 0 atom stereocenters. The Labute approximate surface area is 124 Å². The Morgan fingerprint density at radius 2 is 1.95 bits per heavy atom. The lowest BCUT2D eigenvalue weighted by Gasteiger charge is -2.20. The number of aromatic amines is 1. The van der Waals surface area contributed by atoms with Crippen LogP contribution in [0, 0.1) is 0 Å². The van der Waals surface area contributed by atoms with E-state index in [1.165, 1.54) is 0 Å². The zero-order valence-corrected chi connectivity index (χ0v) is 12.5. The highest BCUT2D eigenvalue weighted by Crippen LogP contribution is 2.33. The molecule has 2 heterocycles. The van der Waals surface area contributed by atoms with Crippen molar-refractivity contribution in [3.63, 3.8) is 0 Å². The molecule has 112 valence electrons. The molecule has 21 heavy (non-hydrogen) atoms. The van der Waals surface area contributed by atoms with Gasteiger partial charge in [-0.2, -0.15) is 0 Å². The molecule has 5 heteroatoms. The van der Waals surface area contributed by atoms with Crippen LogP contribution in [-0.4, -0.2) is 37.3 Å². The minimum atomic E-state index is 0.511. The largest absolute Gasteiger partial charge is 0.497 e. The van der Waals surface area contributed by atoms with Gasteiger partial charge in [0.1, 0.15) is 17.3 Å². The number of aromatic nitrogens is 2. The van der Waals surface area contributed by atoms with Gasteiger partial charge in [-0.15, -0.1) is 0 Å². The summed E-state index contributed by atoms with van der Waals surface area (Å²) in [6.07, 6.45) is 4.14. The molecule has 3 rings (SSSR count). The number of nitrogens with zero attached hydrogens (tertiary/aromatic N) is 1. The molecule has 1 aromatic heterocycles. The highest BCUT2D eigenvalue weighted by molar-refractivity contribution is 5.68. The Balaban J connectivity index is 1.91. The van der Waals surface area contributed by atoms with Crippen molar-refractivity contribution in [2.75, 3.05) is 27.3 Å². The molecule has 0 saturated carbocycles. The van der Waals surface area contributed by atoms with E-state index in [0.29, 0.717) is 5.92 Å². The molecule has 0 spiro atoms. The maximum atomic E-state index is 5.44. The van der Waals surface area contributed by atoms with E-state index in [4.69, 9.17) is 9.47 Å². The van der Waals surface area contributed by atoms with Crippen LogP contribution in [0.2, 0.25) is 0 Å². The molecule has 1 aliphatic heterocycles. The first-order chi connectivity index (χ1) is 10.3. The Hall–Kier alpha value is -2.01. The second kappa shape index (κ2) is 6.18. The van der Waals surface area contributed by atoms with Gasteiger partial charge in [-0.05, 0) is 44.1 Å². The molecule has 5 nitrogen and oxygen atoms in total. The van der Waals surface area contributed by atoms with Gasteiger partial charge in [0.25, 0.3) is 0 Å². The Morgan fingerprint density at radius 3 is 2.67 bits per heavy atom. The summed E-state index contributed by atoms with van der Waals surface area (Å²) in [6, 6.07) is 5.78. The molecule has 0 aliphatic carbocycles. The number of benzene rings is 1. The van der Waals surface area contributed by atoms with Gasteiger partial charge in [0.05, 0.1) is 26.1 Å². The normalized spacial score (nSPS) is 15.9. The highest BCUT2D eigenvalue weighted by Gasteiger charge is 2.19. The molecule has 0 radical (unpaired) electrons.